The molecule has 1 unspecified atom stereocenters. The highest BCUT2D eigenvalue weighted by atomic mass is 19.1. The van der Waals surface area contributed by atoms with Crippen LogP contribution < -0.4 is 16.4 Å². The number of amides is 2. The molecule has 1 aromatic heterocycles. The fourth-order valence-corrected chi connectivity index (χ4v) is 3.92. The number of nitrogens with zero attached hydrogens (tertiary/aromatic N) is 2. The minimum Gasteiger partial charge on any atom is -0.396 e. The summed E-state index contributed by atoms with van der Waals surface area (Å²) in [7, 11) is 0. The van der Waals surface area contributed by atoms with Gasteiger partial charge < -0.3 is 21.5 Å². The van der Waals surface area contributed by atoms with Crippen molar-refractivity contribution in [3.8, 4) is 0 Å². The second-order valence-corrected chi connectivity index (χ2v) is 9.66. The van der Waals surface area contributed by atoms with Crippen molar-refractivity contribution < 1.29 is 19.1 Å². The van der Waals surface area contributed by atoms with Crippen LogP contribution in [0, 0.1) is 23.1 Å². The number of rotatable bonds is 10. The number of nitrogens with two attached hydrogens (primary N) is 1. The molecule has 3 rings (SSSR count). The van der Waals surface area contributed by atoms with E-state index < -0.39 is 23.2 Å². The number of unbranched alkanes of at least 4 members (excludes halogenated alkanes) is 1. The maximum absolute atomic E-state index is 14.6. The minimum atomic E-state index is -0.799. The molecule has 5 N–H and O–H groups in total. The number of para-hydroxylation sites is 1. The second-order valence-electron chi connectivity index (χ2n) is 9.66. The lowest BCUT2D eigenvalue weighted by Crippen LogP contribution is -2.54. The summed E-state index contributed by atoms with van der Waals surface area (Å²) in [4.78, 5) is 26.1. The average Bonchev–Trinajstić information content (AvgIpc) is 3.41. The van der Waals surface area contributed by atoms with Crippen LogP contribution in [0.4, 0.5) is 4.39 Å². The van der Waals surface area contributed by atoms with Gasteiger partial charge in [-0.15, -0.1) is 0 Å². The van der Waals surface area contributed by atoms with E-state index in [9.17, 15) is 19.1 Å². The van der Waals surface area contributed by atoms with E-state index >= 15 is 0 Å². The van der Waals surface area contributed by atoms with Crippen LogP contribution in [0.2, 0.25) is 0 Å². The zero-order valence-electron chi connectivity index (χ0n) is 19.0. The first-order chi connectivity index (χ1) is 15.2. The van der Waals surface area contributed by atoms with Gasteiger partial charge in [-0.25, -0.2) is 4.39 Å². The number of aromatic nitrogens is 2. The Morgan fingerprint density at radius 1 is 1.31 bits per heavy atom. The Hall–Kier alpha value is -2.52. The maximum Gasteiger partial charge on any atom is 0.273 e. The molecule has 0 bridgehead atoms. The van der Waals surface area contributed by atoms with Crippen molar-refractivity contribution in [1.82, 2.24) is 20.4 Å². The number of aliphatic hydroxyl groups is 1. The van der Waals surface area contributed by atoms with Gasteiger partial charge in [0.05, 0.1) is 0 Å². The van der Waals surface area contributed by atoms with Crippen molar-refractivity contribution in [2.75, 3.05) is 19.7 Å². The molecule has 1 fully saturated rings. The fraction of sp³-hybridized carbons (Fsp3) is 0.609. The van der Waals surface area contributed by atoms with Gasteiger partial charge in [0.15, 0.2) is 5.69 Å². The van der Waals surface area contributed by atoms with Gasteiger partial charge in [0.2, 0.25) is 5.91 Å². The monoisotopic (exact) mass is 447 g/mol. The molecule has 1 aromatic carbocycles. The number of nitrogens with one attached hydrogen (secondary N) is 2. The van der Waals surface area contributed by atoms with Crippen LogP contribution >= 0.6 is 0 Å². The lowest BCUT2D eigenvalue weighted by atomic mass is 9.86. The molecule has 2 aromatic rings. The van der Waals surface area contributed by atoms with E-state index in [1.54, 1.807) is 12.1 Å². The smallest absolute Gasteiger partial charge is 0.273 e. The number of carbonyl (C=O) groups excluding carboxylic acids is 2. The van der Waals surface area contributed by atoms with E-state index in [0.717, 1.165) is 12.8 Å². The highest BCUT2D eigenvalue weighted by Crippen LogP contribution is 2.37. The first-order valence-corrected chi connectivity index (χ1v) is 11.2. The summed E-state index contributed by atoms with van der Waals surface area (Å²) in [5.41, 5.74) is 5.37. The lowest BCUT2D eigenvalue weighted by molar-refractivity contribution is -0.125. The highest BCUT2D eigenvalue weighted by molar-refractivity contribution is 6.06. The Kier molecular flexibility index (Phi) is 7.51. The Bertz CT molecular complexity index is 968. The van der Waals surface area contributed by atoms with E-state index in [-0.39, 0.29) is 35.6 Å². The number of halogens is 1. The molecule has 3 atom stereocenters. The van der Waals surface area contributed by atoms with Crippen molar-refractivity contribution in [1.29, 1.82) is 0 Å². The largest absolute Gasteiger partial charge is 0.396 e. The first kappa shape index (κ1) is 24.1. The number of hydrogen-bond acceptors (Lipinski definition) is 5. The summed E-state index contributed by atoms with van der Waals surface area (Å²) < 4.78 is 16.1. The molecule has 0 radical (unpaired) electrons. The molecule has 176 valence electrons. The molecule has 0 spiro atoms. The Morgan fingerprint density at radius 2 is 2.06 bits per heavy atom. The van der Waals surface area contributed by atoms with Crippen LogP contribution in [-0.2, 0) is 11.3 Å². The summed E-state index contributed by atoms with van der Waals surface area (Å²) in [6.45, 7) is 7.17. The van der Waals surface area contributed by atoms with E-state index in [2.05, 4.69) is 15.7 Å². The van der Waals surface area contributed by atoms with Gasteiger partial charge in [0, 0.05) is 25.1 Å². The third-order valence-electron chi connectivity index (χ3n) is 6.01. The zero-order valence-corrected chi connectivity index (χ0v) is 19.0. The van der Waals surface area contributed by atoms with Crippen LogP contribution in [0.15, 0.2) is 18.2 Å². The fourth-order valence-electron chi connectivity index (χ4n) is 3.92. The van der Waals surface area contributed by atoms with Crippen molar-refractivity contribution in [2.45, 2.75) is 52.6 Å². The van der Waals surface area contributed by atoms with E-state index in [1.807, 2.05) is 20.8 Å². The number of benzene rings is 1. The molecule has 8 nitrogen and oxygen atoms in total. The summed E-state index contributed by atoms with van der Waals surface area (Å²) in [6, 6.07) is 3.75. The summed E-state index contributed by atoms with van der Waals surface area (Å²) in [5.74, 6) is -0.742. The normalized spacial score (nSPS) is 19.1. The molecule has 1 aliphatic carbocycles. The number of aryl methyl sites for hydroxylation is 1. The van der Waals surface area contributed by atoms with Gasteiger partial charge in [0.1, 0.15) is 17.4 Å². The van der Waals surface area contributed by atoms with Crippen molar-refractivity contribution in [2.24, 2.45) is 23.0 Å². The molecular weight excluding hydrogens is 413 g/mol. The highest BCUT2D eigenvalue weighted by Gasteiger charge is 2.38. The number of carbonyl (C=O) groups is 2. The predicted molar refractivity (Wildman–Crippen MR) is 120 cm³/mol. The summed E-state index contributed by atoms with van der Waals surface area (Å²) >= 11 is 0. The van der Waals surface area contributed by atoms with Gasteiger partial charge >= 0.3 is 0 Å². The van der Waals surface area contributed by atoms with E-state index in [1.165, 1.54) is 10.7 Å². The van der Waals surface area contributed by atoms with Gasteiger partial charge in [-0.2, -0.15) is 5.10 Å². The lowest BCUT2D eigenvalue weighted by Gasteiger charge is -2.30. The van der Waals surface area contributed by atoms with Crippen LogP contribution in [0.5, 0.6) is 0 Å². The van der Waals surface area contributed by atoms with Gasteiger partial charge in [0.25, 0.3) is 5.91 Å². The quantitative estimate of drug-likeness (QED) is 0.414. The van der Waals surface area contributed by atoms with Crippen LogP contribution in [-0.4, -0.2) is 52.4 Å². The van der Waals surface area contributed by atoms with Crippen molar-refractivity contribution in [3.63, 3.8) is 0 Å². The molecule has 1 aliphatic rings. The third kappa shape index (κ3) is 5.45. The molecule has 1 saturated carbocycles. The number of hydrogen-bond donors (Lipinski definition) is 4. The second kappa shape index (κ2) is 9.95. The molecule has 1 heterocycles. The average molecular weight is 448 g/mol. The molecule has 2 amide bonds. The van der Waals surface area contributed by atoms with Crippen LogP contribution in [0.3, 0.4) is 0 Å². The minimum absolute atomic E-state index is 0.0943. The Morgan fingerprint density at radius 3 is 2.69 bits per heavy atom. The van der Waals surface area contributed by atoms with Gasteiger partial charge in [-0.3, -0.25) is 14.3 Å². The summed E-state index contributed by atoms with van der Waals surface area (Å²) in [5, 5.41) is 19.7. The van der Waals surface area contributed by atoms with Gasteiger partial charge in [-0.1, -0.05) is 32.9 Å². The van der Waals surface area contributed by atoms with E-state index in [0.29, 0.717) is 31.4 Å². The van der Waals surface area contributed by atoms with Crippen LogP contribution in [0.1, 0.15) is 50.5 Å². The predicted octanol–water partition coefficient (Wildman–Crippen LogP) is 1.80. The zero-order chi connectivity index (χ0) is 23.5. The molecule has 32 heavy (non-hydrogen) atoms. The molecule has 0 aliphatic heterocycles. The number of fused-ring (bicyclic) bond motifs is 1. The molecule has 9 heteroatoms. The first-order valence-electron chi connectivity index (χ1n) is 11.2. The Balaban J connectivity index is 1.80. The molecular formula is C23H34FN5O3. The summed E-state index contributed by atoms with van der Waals surface area (Å²) in [6.07, 6.45) is 2.37. The standard InChI is InChI=1S/C23H34FN5O3/c1-23(2,3)20(22(32)26-12-14-11-15(14)13-30)27-21(31)18-16-7-6-8-17(24)19(16)29(28-18)10-5-4-9-25/h6-8,14-15,20,30H,4-5,9-13,25H2,1-3H3,(H,26,32)(H,27,31)/t14-,15-,20?/m1/s1. The van der Waals surface area contributed by atoms with Crippen molar-refractivity contribution >= 4 is 22.7 Å². The topological polar surface area (TPSA) is 122 Å². The van der Waals surface area contributed by atoms with Crippen LogP contribution in [0.25, 0.3) is 10.9 Å². The SMILES string of the molecule is CC(C)(C)C(NC(=O)c1nn(CCCCN)c2c(F)cccc12)C(=O)NC[C@H]1C[C@@H]1CO. The van der Waals surface area contributed by atoms with Crippen molar-refractivity contribution in [3.05, 3.63) is 29.7 Å². The Labute approximate surface area is 187 Å². The van der Waals surface area contributed by atoms with E-state index in [4.69, 9.17) is 5.73 Å². The maximum atomic E-state index is 14.6. The third-order valence-corrected chi connectivity index (χ3v) is 6.01. The van der Waals surface area contributed by atoms with Gasteiger partial charge in [-0.05, 0) is 49.1 Å². The molecule has 0 saturated heterocycles. The number of aliphatic hydroxyl groups excluding tert-OH is 1.